The number of ether oxygens (including phenoxy) is 2. The molecule has 1 heterocycles. The number of esters is 1. The Hall–Kier alpha value is -0.650. The van der Waals surface area contributed by atoms with Gasteiger partial charge in [0.2, 0.25) is 0 Å². The maximum absolute atomic E-state index is 11.2. The molecule has 5 nitrogen and oxygen atoms in total. The van der Waals surface area contributed by atoms with Crippen molar-refractivity contribution in [2.45, 2.75) is 31.6 Å². The quantitative estimate of drug-likeness (QED) is 0.558. The predicted molar refractivity (Wildman–Crippen MR) is 45.0 cm³/mol. The van der Waals surface area contributed by atoms with Gasteiger partial charge in [-0.1, -0.05) is 0 Å². The zero-order valence-electron chi connectivity index (χ0n) is 7.60. The molecule has 0 saturated carbocycles. The highest BCUT2D eigenvalue weighted by atomic mass is 16.6. The Labute approximate surface area is 76.8 Å². The third kappa shape index (κ3) is 2.95. The highest BCUT2D eigenvalue weighted by Crippen LogP contribution is 2.09. The van der Waals surface area contributed by atoms with E-state index in [0.717, 1.165) is 0 Å². The summed E-state index contributed by atoms with van der Waals surface area (Å²) in [6.45, 7) is 2.50. The van der Waals surface area contributed by atoms with Gasteiger partial charge in [-0.25, -0.2) is 0 Å². The van der Waals surface area contributed by atoms with Crippen molar-refractivity contribution in [3.05, 3.63) is 0 Å². The van der Waals surface area contributed by atoms with E-state index in [1.807, 2.05) is 0 Å². The lowest BCUT2D eigenvalue weighted by atomic mass is 10.2. The molecule has 76 valence electrons. The SMILES string of the molecule is CC(O)C(N)C(=O)O[C@@H]1CCOC1. The number of aliphatic hydroxyl groups excluding tert-OH is 1. The Balaban J connectivity index is 2.31. The second-order valence-corrected chi connectivity index (χ2v) is 3.19. The van der Waals surface area contributed by atoms with Crippen molar-refractivity contribution >= 4 is 5.97 Å². The molecule has 3 atom stereocenters. The fourth-order valence-corrected chi connectivity index (χ4v) is 1.05. The number of hydrogen-bond donors (Lipinski definition) is 2. The highest BCUT2D eigenvalue weighted by molar-refractivity contribution is 5.76. The van der Waals surface area contributed by atoms with Crippen LogP contribution in [-0.4, -0.2) is 42.5 Å². The molecule has 3 N–H and O–H groups in total. The van der Waals surface area contributed by atoms with Crippen LogP contribution < -0.4 is 5.73 Å². The van der Waals surface area contributed by atoms with Gasteiger partial charge in [-0.05, 0) is 6.92 Å². The molecule has 1 aliphatic heterocycles. The summed E-state index contributed by atoms with van der Waals surface area (Å²) in [6, 6.07) is -0.958. The molecule has 0 spiro atoms. The second kappa shape index (κ2) is 4.55. The normalized spacial score (nSPS) is 26.8. The van der Waals surface area contributed by atoms with Gasteiger partial charge in [0.25, 0.3) is 0 Å². The fourth-order valence-electron chi connectivity index (χ4n) is 1.05. The third-order valence-corrected chi connectivity index (χ3v) is 1.96. The summed E-state index contributed by atoms with van der Waals surface area (Å²) in [5.74, 6) is -0.564. The van der Waals surface area contributed by atoms with Crippen LogP contribution >= 0.6 is 0 Å². The number of hydrogen-bond acceptors (Lipinski definition) is 5. The standard InChI is InChI=1S/C8H15NO4/c1-5(10)7(9)8(11)13-6-2-3-12-4-6/h5-7,10H,2-4,9H2,1H3/t5?,6-,7?/m1/s1. The molecule has 2 unspecified atom stereocenters. The monoisotopic (exact) mass is 189 g/mol. The number of nitrogens with two attached hydrogens (primary N) is 1. The minimum atomic E-state index is -0.958. The van der Waals surface area contributed by atoms with Gasteiger partial charge < -0.3 is 20.3 Å². The van der Waals surface area contributed by atoms with E-state index in [1.54, 1.807) is 0 Å². The Morgan fingerprint density at radius 1 is 1.77 bits per heavy atom. The smallest absolute Gasteiger partial charge is 0.325 e. The first kappa shape index (κ1) is 10.4. The van der Waals surface area contributed by atoms with Crippen LogP contribution in [0.1, 0.15) is 13.3 Å². The lowest BCUT2D eigenvalue weighted by Gasteiger charge is -2.16. The fraction of sp³-hybridized carbons (Fsp3) is 0.875. The van der Waals surface area contributed by atoms with Gasteiger partial charge in [0, 0.05) is 6.42 Å². The van der Waals surface area contributed by atoms with Crippen LogP contribution in [0.3, 0.4) is 0 Å². The maximum Gasteiger partial charge on any atom is 0.325 e. The summed E-state index contributed by atoms with van der Waals surface area (Å²) in [4.78, 5) is 11.2. The Morgan fingerprint density at radius 3 is 2.92 bits per heavy atom. The van der Waals surface area contributed by atoms with Gasteiger partial charge in [0.05, 0.1) is 19.3 Å². The minimum absolute atomic E-state index is 0.197. The van der Waals surface area contributed by atoms with Gasteiger partial charge in [0.1, 0.15) is 12.1 Å². The van der Waals surface area contributed by atoms with Crippen LogP contribution in [0, 0.1) is 0 Å². The molecule has 0 aromatic carbocycles. The second-order valence-electron chi connectivity index (χ2n) is 3.19. The third-order valence-electron chi connectivity index (χ3n) is 1.96. The van der Waals surface area contributed by atoms with Crippen LogP contribution in [-0.2, 0) is 14.3 Å². The Kier molecular flexibility index (Phi) is 3.65. The van der Waals surface area contributed by atoms with Crippen LogP contribution in [0.4, 0.5) is 0 Å². The van der Waals surface area contributed by atoms with Gasteiger partial charge in [-0.15, -0.1) is 0 Å². The number of carbonyl (C=O) groups excluding carboxylic acids is 1. The first-order valence-corrected chi connectivity index (χ1v) is 4.33. The highest BCUT2D eigenvalue weighted by Gasteiger charge is 2.25. The summed E-state index contributed by atoms with van der Waals surface area (Å²) >= 11 is 0. The molecule has 1 aliphatic rings. The van der Waals surface area contributed by atoms with Crippen LogP contribution in [0.5, 0.6) is 0 Å². The average Bonchev–Trinajstić information content (AvgIpc) is 2.55. The van der Waals surface area contributed by atoms with Crippen molar-refractivity contribution in [1.82, 2.24) is 0 Å². The Morgan fingerprint density at radius 2 is 2.46 bits per heavy atom. The van der Waals surface area contributed by atoms with Crippen LogP contribution in [0.25, 0.3) is 0 Å². The average molecular weight is 189 g/mol. The number of aliphatic hydroxyl groups is 1. The van der Waals surface area contributed by atoms with Gasteiger partial charge in [-0.2, -0.15) is 0 Å². The van der Waals surface area contributed by atoms with E-state index in [1.165, 1.54) is 6.92 Å². The molecule has 1 rings (SSSR count). The van der Waals surface area contributed by atoms with Gasteiger partial charge in [0.15, 0.2) is 0 Å². The minimum Gasteiger partial charge on any atom is -0.459 e. The summed E-state index contributed by atoms with van der Waals surface area (Å²) in [5, 5.41) is 9.01. The van der Waals surface area contributed by atoms with E-state index in [2.05, 4.69) is 0 Å². The zero-order chi connectivity index (χ0) is 9.84. The summed E-state index contributed by atoms with van der Waals surface area (Å²) in [5.41, 5.74) is 5.37. The first-order chi connectivity index (χ1) is 6.11. The molecule has 0 aliphatic carbocycles. The van der Waals surface area contributed by atoms with Crippen molar-refractivity contribution in [2.75, 3.05) is 13.2 Å². The number of rotatable bonds is 3. The van der Waals surface area contributed by atoms with E-state index in [0.29, 0.717) is 19.6 Å². The summed E-state index contributed by atoms with van der Waals surface area (Å²) < 4.78 is 10.0. The van der Waals surface area contributed by atoms with Crippen molar-refractivity contribution in [2.24, 2.45) is 5.73 Å². The summed E-state index contributed by atoms with van der Waals surface area (Å²) in [6.07, 6.45) is -0.370. The van der Waals surface area contributed by atoms with Crippen LogP contribution in [0.15, 0.2) is 0 Å². The molecule has 0 amide bonds. The van der Waals surface area contributed by atoms with Crippen LogP contribution in [0.2, 0.25) is 0 Å². The maximum atomic E-state index is 11.2. The van der Waals surface area contributed by atoms with Gasteiger partial charge in [-0.3, -0.25) is 4.79 Å². The predicted octanol–water partition coefficient (Wildman–Crippen LogP) is -0.973. The van der Waals surface area contributed by atoms with Crippen molar-refractivity contribution < 1.29 is 19.4 Å². The van der Waals surface area contributed by atoms with E-state index in [9.17, 15) is 4.79 Å². The molecule has 1 saturated heterocycles. The van der Waals surface area contributed by atoms with E-state index in [-0.39, 0.29) is 6.10 Å². The summed E-state index contributed by atoms with van der Waals surface area (Å²) in [7, 11) is 0. The lowest BCUT2D eigenvalue weighted by molar-refractivity contribution is -0.153. The van der Waals surface area contributed by atoms with Crippen molar-refractivity contribution in [3.8, 4) is 0 Å². The van der Waals surface area contributed by atoms with Crippen molar-refractivity contribution in [3.63, 3.8) is 0 Å². The molecule has 0 aromatic heterocycles. The molecular formula is C8H15NO4. The topological polar surface area (TPSA) is 81.8 Å². The van der Waals surface area contributed by atoms with E-state index >= 15 is 0 Å². The largest absolute Gasteiger partial charge is 0.459 e. The first-order valence-electron chi connectivity index (χ1n) is 4.33. The number of carbonyl (C=O) groups is 1. The molecule has 1 fully saturated rings. The Bertz CT molecular complexity index is 177. The lowest BCUT2D eigenvalue weighted by Crippen LogP contribution is -2.42. The molecule has 5 heteroatoms. The molecule has 0 radical (unpaired) electrons. The molecule has 0 aromatic rings. The zero-order valence-corrected chi connectivity index (χ0v) is 7.60. The van der Waals surface area contributed by atoms with E-state index < -0.39 is 18.1 Å². The molecule has 13 heavy (non-hydrogen) atoms. The molecule has 0 bridgehead atoms. The van der Waals surface area contributed by atoms with E-state index in [4.69, 9.17) is 20.3 Å². The van der Waals surface area contributed by atoms with Gasteiger partial charge >= 0.3 is 5.97 Å². The van der Waals surface area contributed by atoms with Crippen molar-refractivity contribution in [1.29, 1.82) is 0 Å². The molecular weight excluding hydrogens is 174 g/mol.